The summed E-state index contributed by atoms with van der Waals surface area (Å²) in [4.78, 5) is 36.1. The fourth-order valence-electron chi connectivity index (χ4n) is 6.79. The van der Waals surface area contributed by atoms with Crippen molar-refractivity contribution in [2.45, 2.75) is 70.7 Å². The average Bonchev–Trinajstić information content (AvgIpc) is 3.45. The number of urea groups is 1. The van der Waals surface area contributed by atoms with Crippen LogP contribution in [0.15, 0.2) is 101 Å². The minimum absolute atomic E-state index is 0.0222. The largest absolute Gasteiger partial charge is 0.411 e. The van der Waals surface area contributed by atoms with Gasteiger partial charge in [0.1, 0.15) is 6.04 Å². The molecule has 4 aromatic rings. The predicted molar refractivity (Wildman–Crippen MR) is 205 cm³/mol. The van der Waals surface area contributed by atoms with E-state index >= 15 is 0 Å². The van der Waals surface area contributed by atoms with E-state index in [4.69, 9.17) is 5.21 Å². The maximum absolute atomic E-state index is 14.4. The van der Waals surface area contributed by atoms with Gasteiger partial charge in [0.05, 0.1) is 28.8 Å². The van der Waals surface area contributed by atoms with E-state index in [1.807, 2.05) is 95.3 Å². The molecule has 1 saturated heterocycles. The van der Waals surface area contributed by atoms with Gasteiger partial charge in [-0.15, -0.1) is 0 Å². The fourth-order valence-corrected chi connectivity index (χ4v) is 8.41. The highest BCUT2D eigenvalue weighted by Gasteiger charge is 2.44. The summed E-state index contributed by atoms with van der Waals surface area (Å²) in [6, 6.07) is 23.1. The molecule has 12 nitrogen and oxygen atoms in total. The number of nitrogens with zero attached hydrogens (tertiary/aromatic N) is 5. The number of aromatic nitrogens is 1. The van der Waals surface area contributed by atoms with Crippen LogP contribution in [0.5, 0.6) is 0 Å². The van der Waals surface area contributed by atoms with Gasteiger partial charge in [0.15, 0.2) is 0 Å². The van der Waals surface area contributed by atoms with Crippen molar-refractivity contribution in [3.63, 3.8) is 0 Å². The van der Waals surface area contributed by atoms with Gasteiger partial charge in [-0.3, -0.25) is 9.78 Å². The maximum atomic E-state index is 14.4. The number of fused-ring (bicyclic) bond motifs is 1. The lowest BCUT2D eigenvalue weighted by Gasteiger charge is -2.38. The van der Waals surface area contributed by atoms with Crippen LogP contribution < -0.4 is 5.32 Å². The van der Waals surface area contributed by atoms with Gasteiger partial charge in [0.25, 0.3) is 0 Å². The van der Waals surface area contributed by atoms with Crippen molar-refractivity contribution in [2.24, 2.45) is 16.5 Å². The molecule has 1 aliphatic heterocycles. The number of oxime groups is 1. The second-order valence-electron chi connectivity index (χ2n) is 15.1. The SMILES string of the molecule is CC(C)CN(C[C@@H](O)[C@H](Cc1ccccc1)NC(=O)[C@@H](N1CCN(Cc2ccc3cccnc3c2)C1=O)C(C)(C)C)S(=O)(=O)c1ccc(/C=N/O)cc1. The number of aliphatic hydroxyl groups is 1. The van der Waals surface area contributed by atoms with Crippen LogP contribution in [0.25, 0.3) is 10.9 Å². The van der Waals surface area contributed by atoms with Gasteiger partial charge in [-0.05, 0) is 58.7 Å². The molecular weight excluding hydrogens is 693 g/mol. The van der Waals surface area contributed by atoms with Crippen LogP contribution in [0, 0.1) is 11.3 Å². The number of nitrogens with one attached hydrogen (secondary N) is 1. The zero-order chi connectivity index (χ0) is 38.3. The highest BCUT2D eigenvalue weighted by Crippen LogP contribution is 2.29. The first-order valence-corrected chi connectivity index (χ1v) is 19.3. The Bertz CT molecular complexity index is 2000. The van der Waals surface area contributed by atoms with Gasteiger partial charge in [0.2, 0.25) is 15.9 Å². The molecule has 0 aliphatic carbocycles. The summed E-state index contributed by atoms with van der Waals surface area (Å²) in [7, 11) is -4.07. The minimum Gasteiger partial charge on any atom is -0.411 e. The lowest BCUT2D eigenvalue weighted by Crippen LogP contribution is -2.59. The van der Waals surface area contributed by atoms with Crippen LogP contribution in [-0.4, -0.2) is 100 Å². The average molecular weight is 743 g/mol. The molecule has 53 heavy (non-hydrogen) atoms. The number of benzene rings is 3. The Morgan fingerprint density at radius 3 is 2.36 bits per heavy atom. The Labute approximate surface area is 312 Å². The molecule has 0 unspecified atom stereocenters. The number of carbonyl (C=O) groups is 2. The third kappa shape index (κ3) is 9.78. The number of sulfonamides is 1. The Balaban J connectivity index is 1.38. The van der Waals surface area contributed by atoms with Crippen LogP contribution in [0.4, 0.5) is 4.79 Å². The molecule has 3 N–H and O–H groups in total. The van der Waals surface area contributed by atoms with E-state index in [9.17, 15) is 23.1 Å². The molecule has 1 aromatic heterocycles. The quantitative estimate of drug-likeness (QED) is 0.0867. The van der Waals surface area contributed by atoms with Gasteiger partial charge in [-0.1, -0.05) is 100 Å². The van der Waals surface area contributed by atoms with E-state index in [0.717, 1.165) is 22.0 Å². The van der Waals surface area contributed by atoms with E-state index in [1.54, 1.807) is 16.0 Å². The van der Waals surface area contributed by atoms with Crippen LogP contribution in [0.3, 0.4) is 0 Å². The Hall–Kier alpha value is -4.85. The molecule has 0 spiro atoms. The molecule has 13 heteroatoms. The number of aliphatic hydroxyl groups excluding tert-OH is 1. The monoisotopic (exact) mass is 742 g/mol. The first-order chi connectivity index (χ1) is 25.2. The molecule has 3 amide bonds. The van der Waals surface area contributed by atoms with Crippen molar-refractivity contribution in [1.82, 2.24) is 24.4 Å². The zero-order valence-corrected chi connectivity index (χ0v) is 31.8. The summed E-state index contributed by atoms with van der Waals surface area (Å²) < 4.78 is 29.1. The molecule has 0 bridgehead atoms. The first-order valence-electron chi connectivity index (χ1n) is 17.9. The molecule has 1 fully saturated rings. The van der Waals surface area contributed by atoms with Gasteiger partial charge < -0.3 is 25.4 Å². The number of amides is 3. The third-order valence-electron chi connectivity index (χ3n) is 9.33. The summed E-state index contributed by atoms with van der Waals surface area (Å²) in [6.45, 7) is 10.5. The second kappa shape index (κ2) is 16.9. The van der Waals surface area contributed by atoms with E-state index in [2.05, 4.69) is 15.5 Å². The van der Waals surface area contributed by atoms with Crippen LogP contribution >= 0.6 is 0 Å². The number of carbonyl (C=O) groups excluding carboxylic acids is 2. The molecule has 3 aromatic carbocycles. The van der Waals surface area contributed by atoms with Crippen molar-refractivity contribution in [3.05, 3.63) is 108 Å². The standard InChI is InChI=1S/C40H50N6O6S/c1-28(2)25-45(53(51,52)33-17-14-30(15-18-33)24-42-50)27-36(47)35(22-29-10-7-6-8-11-29)43-38(48)37(40(3,4)5)46-21-20-44(39(46)49)26-31-13-16-32-12-9-19-41-34(32)23-31/h6-19,23-24,28,35-37,47,50H,20-22,25-27H2,1-5H3,(H,43,48)/b42-24+/t35-,36+,37+/m0/s1. The normalized spacial score (nSPS) is 15.8. The Morgan fingerprint density at radius 2 is 1.70 bits per heavy atom. The first kappa shape index (κ1) is 39.4. The van der Waals surface area contributed by atoms with Crippen molar-refractivity contribution >= 4 is 39.1 Å². The van der Waals surface area contributed by atoms with Gasteiger partial charge in [-0.2, -0.15) is 4.31 Å². The van der Waals surface area contributed by atoms with Crippen LogP contribution in [0.2, 0.25) is 0 Å². The molecule has 0 saturated carbocycles. The van der Waals surface area contributed by atoms with Crippen LogP contribution in [-0.2, 0) is 27.8 Å². The maximum Gasteiger partial charge on any atom is 0.321 e. The number of rotatable bonds is 15. The lowest BCUT2D eigenvalue weighted by atomic mass is 9.84. The summed E-state index contributed by atoms with van der Waals surface area (Å²) in [6.07, 6.45) is 1.86. The van der Waals surface area contributed by atoms with E-state index < -0.39 is 39.5 Å². The van der Waals surface area contributed by atoms with Crippen LogP contribution in [0.1, 0.15) is 51.3 Å². The zero-order valence-electron chi connectivity index (χ0n) is 31.0. The molecule has 3 atom stereocenters. The molecule has 5 rings (SSSR count). The summed E-state index contributed by atoms with van der Waals surface area (Å²) in [5, 5.41) is 27.8. The second-order valence-corrected chi connectivity index (χ2v) is 17.0. The van der Waals surface area contributed by atoms with E-state index in [1.165, 1.54) is 34.8 Å². The molecule has 1 aliphatic rings. The van der Waals surface area contributed by atoms with Crippen molar-refractivity contribution in [2.75, 3.05) is 26.2 Å². The Kier molecular flexibility index (Phi) is 12.5. The summed E-state index contributed by atoms with van der Waals surface area (Å²) >= 11 is 0. The summed E-state index contributed by atoms with van der Waals surface area (Å²) in [5.41, 5.74) is 2.47. The topological polar surface area (TPSA) is 156 Å². The smallest absolute Gasteiger partial charge is 0.321 e. The highest BCUT2D eigenvalue weighted by molar-refractivity contribution is 7.89. The highest BCUT2D eigenvalue weighted by atomic mass is 32.2. The fraction of sp³-hybridized carbons (Fsp3) is 0.400. The summed E-state index contributed by atoms with van der Waals surface area (Å²) in [5.74, 6) is -0.498. The number of pyridine rings is 1. The third-order valence-corrected chi connectivity index (χ3v) is 11.2. The van der Waals surface area contributed by atoms with E-state index in [0.29, 0.717) is 25.2 Å². The molecule has 2 heterocycles. The van der Waals surface area contributed by atoms with Crippen molar-refractivity contribution < 1.29 is 28.3 Å². The molecule has 0 radical (unpaired) electrons. The van der Waals surface area contributed by atoms with Gasteiger partial charge >= 0.3 is 6.03 Å². The Morgan fingerprint density at radius 1 is 0.981 bits per heavy atom. The van der Waals surface area contributed by atoms with Gasteiger partial charge in [-0.25, -0.2) is 13.2 Å². The van der Waals surface area contributed by atoms with Crippen molar-refractivity contribution in [3.8, 4) is 0 Å². The minimum atomic E-state index is -4.07. The van der Waals surface area contributed by atoms with E-state index in [-0.39, 0.29) is 36.4 Å². The number of hydrogen-bond acceptors (Lipinski definition) is 8. The molecular formula is C40H50N6O6S. The lowest BCUT2D eigenvalue weighted by molar-refractivity contribution is -0.130. The van der Waals surface area contributed by atoms with Gasteiger partial charge in [0, 0.05) is 44.3 Å². The molecule has 282 valence electrons. The predicted octanol–water partition coefficient (Wildman–Crippen LogP) is 5.13. The van der Waals surface area contributed by atoms with Crippen molar-refractivity contribution in [1.29, 1.82) is 0 Å². The number of hydrogen-bond donors (Lipinski definition) is 3.